The number of aromatic nitrogens is 1. The van der Waals surface area contributed by atoms with Gasteiger partial charge in [-0.2, -0.15) is 0 Å². The highest BCUT2D eigenvalue weighted by Gasteiger charge is 2.27. The second kappa shape index (κ2) is 10.7. The summed E-state index contributed by atoms with van der Waals surface area (Å²) in [6, 6.07) is 15.1. The van der Waals surface area contributed by atoms with Gasteiger partial charge in [0.2, 0.25) is 5.91 Å². The number of carbonyl (C=O) groups is 3. The summed E-state index contributed by atoms with van der Waals surface area (Å²) < 4.78 is 0. The number of rotatable bonds is 9. The van der Waals surface area contributed by atoms with Gasteiger partial charge >= 0.3 is 5.97 Å². The lowest BCUT2D eigenvalue weighted by atomic mass is 9.99. The van der Waals surface area contributed by atoms with E-state index in [1.807, 2.05) is 63.2 Å². The highest BCUT2D eigenvalue weighted by atomic mass is 16.4. The Hall–Kier alpha value is -3.74. The summed E-state index contributed by atoms with van der Waals surface area (Å²) in [4.78, 5) is 41.8. The van der Waals surface area contributed by atoms with E-state index in [-0.39, 0.29) is 18.0 Å². The number of aliphatic carboxylic acids is 1. The van der Waals surface area contributed by atoms with E-state index in [4.69, 9.17) is 0 Å². The molecular formula is C26H29N3O4. The van der Waals surface area contributed by atoms with Crippen LogP contribution in [-0.4, -0.2) is 33.9 Å². The molecule has 3 rings (SSSR count). The third-order valence-electron chi connectivity index (χ3n) is 5.33. The van der Waals surface area contributed by atoms with Crippen molar-refractivity contribution in [1.82, 2.24) is 15.6 Å². The molecule has 7 heteroatoms. The molecule has 0 aliphatic heterocycles. The second-order valence-electron chi connectivity index (χ2n) is 8.65. The smallest absolute Gasteiger partial charge is 0.305 e. The van der Waals surface area contributed by atoms with E-state index in [0.29, 0.717) is 12.0 Å². The number of carboxylic acids is 1. The maximum absolute atomic E-state index is 13.2. The van der Waals surface area contributed by atoms with Gasteiger partial charge < -0.3 is 15.7 Å². The van der Waals surface area contributed by atoms with Crippen LogP contribution in [0.3, 0.4) is 0 Å². The molecular weight excluding hydrogens is 418 g/mol. The van der Waals surface area contributed by atoms with Crippen molar-refractivity contribution >= 4 is 28.6 Å². The quantitative estimate of drug-likeness (QED) is 0.459. The number of aryl methyl sites for hydroxylation is 1. The van der Waals surface area contributed by atoms with Gasteiger partial charge in [-0.25, -0.2) is 0 Å². The molecule has 1 heterocycles. The lowest BCUT2D eigenvalue weighted by molar-refractivity contribution is -0.137. The van der Waals surface area contributed by atoms with Crippen molar-refractivity contribution in [2.75, 3.05) is 0 Å². The highest BCUT2D eigenvalue weighted by molar-refractivity contribution is 5.98. The maximum Gasteiger partial charge on any atom is 0.305 e. The SMILES string of the molecule is Cc1cccc(C(CC(=O)O)NC(=O)C(CC(C)C)NC(=O)c2cc3ccccc3cn2)c1. The first-order valence-electron chi connectivity index (χ1n) is 11.0. The summed E-state index contributed by atoms with van der Waals surface area (Å²) in [5, 5.41) is 16.8. The monoisotopic (exact) mass is 447 g/mol. The van der Waals surface area contributed by atoms with Crippen molar-refractivity contribution < 1.29 is 19.5 Å². The van der Waals surface area contributed by atoms with Gasteiger partial charge in [-0.05, 0) is 36.3 Å². The molecule has 3 aromatic rings. The van der Waals surface area contributed by atoms with Crippen LogP contribution in [0.5, 0.6) is 0 Å². The Kier molecular flexibility index (Phi) is 7.77. The van der Waals surface area contributed by atoms with Crippen LogP contribution in [0, 0.1) is 12.8 Å². The van der Waals surface area contributed by atoms with Gasteiger partial charge in [-0.15, -0.1) is 0 Å². The molecule has 1 aromatic heterocycles. The van der Waals surface area contributed by atoms with Crippen molar-refractivity contribution in [2.24, 2.45) is 5.92 Å². The number of benzene rings is 2. The molecule has 0 radical (unpaired) electrons. The Morgan fingerprint density at radius 2 is 1.70 bits per heavy atom. The number of fused-ring (bicyclic) bond motifs is 1. The zero-order valence-electron chi connectivity index (χ0n) is 19.0. The van der Waals surface area contributed by atoms with Crippen LogP contribution in [0.4, 0.5) is 0 Å². The molecule has 0 aliphatic carbocycles. The summed E-state index contributed by atoms with van der Waals surface area (Å²) in [6.45, 7) is 5.81. The minimum atomic E-state index is -1.02. The third-order valence-corrected chi connectivity index (χ3v) is 5.33. The molecule has 172 valence electrons. The fourth-order valence-corrected chi connectivity index (χ4v) is 3.73. The molecule has 0 bridgehead atoms. The van der Waals surface area contributed by atoms with E-state index in [2.05, 4.69) is 15.6 Å². The lowest BCUT2D eigenvalue weighted by Crippen LogP contribution is -2.48. The van der Waals surface area contributed by atoms with Crippen molar-refractivity contribution in [2.45, 2.75) is 45.7 Å². The number of amides is 2. The minimum absolute atomic E-state index is 0.127. The molecule has 7 nitrogen and oxygen atoms in total. The summed E-state index contributed by atoms with van der Waals surface area (Å²) in [6.07, 6.45) is 1.77. The van der Waals surface area contributed by atoms with Crippen LogP contribution in [0.15, 0.2) is 60.8 Å². The van der Waals surface area contributed by atoms with Gasteiger partial charge in [0.15, 0.2) is 0 Å². The van der Waals surface area contributed by atoms with Crippen molar-refractivity contribution in [1.29, 1.82) is 0 Å². The standard InChI is InChI=1S/C26H29N3O4/c1-16(2)11-23(29-25(32)22-13-18-8-4-5-9-20(18)15-27-22)26(33)28-21(14-24(30)31)19-10-6-7-17(3)12-19/h4-10,12-13,15-16,21,23H,11,14H2,1-3H3,(H,28,33)(H,29,32)(H,30,31). The lowest BCUT2D eigenvalue weighted by Gasteiger charge is -2.24. The van der Waals surface area contributed by atoms with Gasteiger partial charge in [0.1, 0.15) is 11.7 Å². The number of carboxylic acid groups (broad SMARTS) is 1. The molecule has 2 aromatic carbocycles. The van der Waals surface area contributed by atoms with Crippen LogP contribution >= 0.6 is 0 Å². The van der Waals surface area contributed by atoms with Gasteiger partial charge in [0, 0.05) is 11.6 Å². The number of carbonyl (C=O) groups excluding carboxylic acids is 2. The first-order valence-corrected chi connectivity index (χ1v) is 11.0. The van der Waals surface area contributed by atoms with Crippen LogP contribution in [0.25, 0.3) is 10.8 Å². The van der Waals surface area contributed by atoms with Crippen molar-refractivity contribution in [3.05, 3.63) is 77.6 Å². The maximum atomic E-state index is 13.2. The summed E-state index contributed by atoms with van der Waals surface area (Å²) in [5.41, 5.74) is 1.89. The first kappa shape index (κ1) is 23.9. The van der Waals surface area contributed by atoms with E-state index < -0.39 is 29.9 Å². The van der Waals surface area contributed by atoms with E-state index in [0.717, 1.165) is 16.3 Å². The van der Waals surface area contributed by atoms with Gasteiger partial charge in [-0.3, -0.25) is 19.4 Å². The first-order chi connectivity index (χ1) is 15.7. The molecule has 0 aliphatic rings. The fraction of sp³-hybridized carbons (Fsp3) is 0.308. The number of hydrogen-bond donors (Lipinski definition) is 3. The number of pyridine rings is 1. The third kappa shape index (κ3) is 6.62. The molecule has 33 heavy (non-hydrogen) atoms. The molecule has 2 atom stereocenters. The molecule has 0 saturated carbocycles. The predicted octanol–water partition coefficient (Wildman–Crippen LogP) is 4.02. The fourth-order valence-electron chi connectivity index (χ4n) is 3.73. The second-order valence-corrected chi connectivity index (χ2v) is 8.65. The molecule has 0 fully saturated rings. The van der Waals surface area contributed by atoms with Crippen LogP contribution in [0.1, 0.15) is 54.3 Å². The zero-order valence-corrected chi connectivity index (χ0v) is 19.0. The van der Waals surface area contributed by atoms with E-state index in [1.54, 1.807) is 18.3 Å². The Labute approximate surface area is 193 Å². The average Bonchev–Trinajstić information content (AvgIpc) is 2.77. The molecule has 3 N–H and O–H groups in total. The van der Waals surface area contributed by atoms with Crippen LogP contribution < -0.4 is 10.6 Å². The van der Waals surface area contributed by atoms with Crippen LogP contribution in [-0.2, 0) is 9.59 Å². The average molecular weight is 448 g/mol. The normalized spacial score (nSPS) is 12.8. The van der Waals surface area contributed by atoms with Crippen LogP contribution in [0.2, 0.25) is 0 Å². The Morgan fingerprint density at radius 3 is 2.36 bits per heavy atom. The Balaban J connectivity index is 1.80. The molecule has 0 spiro atoms. The summed E-state index contributed by atoms with van der Waals surface area (Å²) in [5.74, 6) is -1.77. The molecule has 2 unspecified atom stereocenters. The summed E-state index contributed by atoms with van der Waals surface area (Å²) in [7, 11) is 0. The minimum Gasteiger partial charge on any atom is -0.481 e. The van der Waals surface area contributed by atoms with Gasteiger partial charge in [-0.1, -0.05) is 67.9 Å². The summed E-state index contributed by atoms with van der Waals surface area (Å²) >= 11 is 0. The Morgan fingerprint density at radius 1 is 0.970 bits per heavy atom. The largest absolute Gasteiger partial charge is 0.481 e. The van der Waals surface area contributed by atoms with Crippen molar-refractivity contribution in [3.8, 4) is 0 Å². The van der Waals surface area contributed by atoms with E-state index >= 15 is 0 Å². The zero-order chi connectivity index (χ0) is 24.0. The number of hydrogen-bond acceptors (Lipinski definition) is 4. The predicted molar refractivity (Wildman–Crippen MR) is 127 cm³/mol. The van der Waals surface area contributed by atoms with E-state index in [1.165, 1.54) is 0 Å². The molecule has 0 saturated heterocycles. The number of nitrogens with zero attached hydrogens (tertiary/aromatic N) is 1. The van der Waals surface area contributed by atoms with Gasteiger partial charge in [0.25, 0.3) is 5.91 Å². The van der Waals surface area contributed by atoms with E-state index in [9.17, 15) is 19.5 Å². The topological polar surface area (TPSA) is 108 Å². The Bertz CT molecular complexity index is 1160. The van der Waals surface area contributed by atoms with Gasteiger partial charge in [0.05, 0.1) is 12.5 Å². The number of nitrogens with one attached hydrogen (secondary N) is 2. The highest BCUT2D eigenvalue weighted by Crippen LogP contribution is 2.19. The van der Waals surface area contributed by atoms with Crippen molar-refractivity contribution in [3.63, 3.8) is 0 Å². The molecule has 2 amide bonds.